The van der Waals surface area contributed by atoms with Crippen LogP contribution in [-0.4, -0.2) is 47.8 Å². The molecule has 1 aromatic rings. The second kappa shape index (κ2) is 7.44. The summed E-state index contributed by atoms with van der Waals surface area (Å²) in [5, 5.41) is 5.42. The van der Waals surface area contributed by atoms with Crippen molar-refractivity contribution in [3.05, 3.63) is 29.8 Å². The fraction of sp³-hybridized carbons (Fsp3) is 0.333. The summed E-state index contributed by atoms with van der Waals surface area (Å²) in [5.41, 5.74) is 10.9. The van der Waals surface area contributed by atoms with Gasteiger partial charge in [-0.05, 0) is 37.1 Å². The first kappa shape index (κ1) is 17.3. The van der Waals surface area contributed by atoms with Gasteiger partial charge in [-0.2, -0.15) is 0 Å². The Hall–Kier alpha value is -3.10. The second-order valence-corrected chi connectivity index (χ2v) is 5.54. The minimum Gasteiger partial charge on any atom is -0.368 e. The van der Waals surface area contributed by atoms with Gasteiger partial charge in [-0.25, -0.2) is 4.79 Å². The minimum atomic E-state index is -0.750. The summed E-state index contributed by atoms with van der Waals surface area (Å²) in [6, 6.07) is 5.98. The van der Waals surface area contributed by atoms with E-state index in [2.05, 4.69) is 10.6 Å². The smallest absolute Gasteiger partial charge is 0.319 e. The Bertz CT molecular complexity index is 638. The highest BCUT2D eigenvalue weighted by molar-refractivity contribution is 5.99. The normalized spacial score (nSPS) is 13.0. The van der Waals surface area contributed by atoms with Crippen LogP contribution in [0.5, 0.6) is 0 Å². The van der Waals surface area contributed by atoms with Crippen molar-refractivity contribution in [3.63, 3.8) is 0 Å². The molecule has 0 aliphatic heterocycles. The third-order valence-electron chi connectivity index (χ3n) is 3.28. The Balaban J connectivity index is 2.00. The van der Waals surface area contributed by atoms with Gasteiger partial charge in [0, 0.05) is 17.3 Å². The fourth-order valence-corrected chi connectivity index (χ4v) is 2.03. The molecule has 0 radical (unpaired) electrons. The fourth-order valence-electron chi connectivity index (χ4n) is 2.03. The summed E-state index contributed by atoms with van der Waals surface area (Å²) in [4.78, 5) is 46.9. The highest BCUT2D eigenvalue weighted by Gasteiger charge is 2.23. The van der Waals surface area contributed by atoms with Crippen molar-refractivity contribution < 1.29 is 19.2 Å². The van der Waals surface area contributed by atoms with Crippen LogP contribution in [0, 0.1) is 0 Å². The van der Waals surface area contributed by atoms with E-state index >= 15 is 0 Å². The molecule has 0 aromatic heterocycles. The van der Waals surface area contributed by atoms with E-state index in [4.69, 9.17) is 11.5 Å². The van der Waals surface area contributed by atoms with E-state index in [1.165, 1.54) is 12.1 Å². The monoisotopic (exact) mass is 333 g/mol. The maximum Gasteiger partial charge on any atom is 0.319 e. The molecule has 0 atom stereocenters. The quantitative estimate of drug-likeness (QED) is 0.526. The van der Waals surface area contributed by atoms with E-state index in [1.807, 2.05) is 0 Å². The van der Waals surface area contributed by atoms with E-state index in [9.17, 15) is 19.2 Å². The first-order chi connectivity index (χ1) is 11.3. The number of amides is 5. The number of anilines is 1. The van der Waals surface area contributed by atoms with Crippen LogP contribution >= 0.6 is 0 Å². The standard InChI is InChI=1S/C15H19N5O4/c16-12(21)7-20(8-13(17)22)14(23)9-1-3-10(4-2-9)18-15(24)19-11-5-6-11/h1-4,11H,5-8H2,(H2,16,21)(H2,17,22)(H2,18,19,24). The SMILES string of the molecule is NC(=O)CN(CC(N)=O)C(=O)c1ccc(NC(=O)NC2CC2)cc1. The number of carbonyl (C=O) groups is 4. The van der Waals surface area contributed by atoms with Crippen LogP contribution in [0.2, 0.25) is 0 Å². The van der Waals surface area contributed by atoms with Gasteiger partial charge >= 0.3 is 6.03 Å². The molecule has 24 heavy (non-hydrogen) atoms. The van der Waals surface area contributed by atoms with Crippen LogP contribution in [0.1, 0.15) is 23.2 Å². The Kier molecular flexibility index (Phi) is 5.35. The number of benzene rings is 1. The molecule has 0 saturated heterocycles. The Morgan fingerprint density at radius 1 is 1.00 bits per heavy atom. The number of nitrogens with zero attached hydrogens (tertiary/aromatic N) is 1. The number of hydrogen-bond acceptors (Lipinski definition) is 4. The van der Waals surface area contributed by atoms with Crippen LogP contribution in [0.4, 0.5) is 10.5 Å². The van der Waals surface area contributed by atoms with Gasteiger partial charge < -0.3 is 27.0 Å². The molecule has 2 rings (SSSR count). The predicted octanol–water partition coefficient (Wildman–Crippen LogP) is -0.617. The number of nitrogens with one attached hydrogen (secondary N) is 2. The zero-order valence-electron chi connectivity index (χ0n) is 13.0. The number of hydrogen-bond donors (Lipinski definition) is 4. The third-order valence-corrected chi connectivity index (χ3v) is 3.28. The zero-order chi connectivity index (χ0) is 17.7. The maximum absolute atomic E-state index is 12.3. The Morgan fingerprint density at radius 3 is 2.00 bits per heavy atom. The first-order valence-corrected chi connectivity index (χ1v) is 7.38. The average Bonchev–Trinajstić information content (AvgIpc) is 3.29. The van der Waals surface area contributed by atoms with Gasteiger partial charge in [-0.1, -0.05) is 0 Å². The molecule has 0 bridgehead atoms. The molecule has 1 aliphatic rings. The van der Waals surface area contributed by atoms with Gasteiger partial charge in [0.25, 0.3) is 5.91 Å². The van der Waals surface area contributed by atoms with Crippen molar-refractivity contribution in [3.8, 4) is 0 Å². The molecule has 0 unspecified atom stereocenters. The van der Waals surface area contributed by atoms with Crippen molar-refractivity contribution in [2.24, 2.45) is 11.5 Å². The van der Waals surface area contributed by atoms with Crippen molar-refractivity contribution >= 4 is 29.4 Å². The summed E-state index contributed by atoms with van der Waals surface area (Å²) in [5.74, 6) is -2.05. The molecular weight excluding hydrogens is 314 g/mol. The van der Waals surface area contributed by atoms with Gasteiger partial charge in [0.05, 0.1) is 0 Å². The minimum absolute atomic E-state index is 0.238. The molecule has 0 spiro atoms. The lowest BCUT2D eigenvalue weighted by molar-refractivity contribution is -0.121. The largest absolute Gasteiger partial charge is 0.368 e. The highest BCUT2D eigenvalue weighted by Crippen LogP contribution is 2.19. The van der Waals surface area contributed by atoms with Gasteiger partial charge in [0.15, 0.2) is 0 Å². The second-order valence-electron chi connectivity index (χ2n) is 5.54. The molecule has 6 N–H and O–H groups in total. The molecule has 128 valence electrons. The first-order valence-electron chi connectivity index (χ1n) is 7.38. The summed E-state index contributed by atoms with van der Waals surface area (Å²) in [6.07, 6.45) is 1.97. The number of primary amides is 2. The molecule has 1 fully saturated rings. The predicted molar refractivity (Wildman–Crippen MR) is 85.9 cm³/mol. The van der Waals surface area contributed by atoms with Crippen molar-refractivity contribution in [2.75, 3.05) is 18.4 Å². The van der Waals surface area contributed by atoms with Gasteiger partial charge in [0.2, 0.25) is 11.8 Å². The molecule has 5 amide bonds. The van der Waals surface area contributed by atoms with Gasteiger partial charge in [0.1, 0.15) is 13.1 Å². The highest BCUT2D eigenvalue weighted by atomic mass is 16.2. The van der Waals surface area contributed by atoms with E-state index in [0.717, 1.165) is 17.7 Å². The molecule has 1 saturated carbocycles. The maximum atomic E-state index is 12.3. The lowest BCUT2D eigenvalue weighted by atomic mass is 10.1. The van der Waals surface area contributed by atoms with Gasteiger partial charge in [-0.15, -0.1) is 0 Å². The summed E-state index contributed by atoms with van der Waals surface area (Å²) in [6.45, 7) is -0.822. The molecule has 1 aliphatic carbocycles. The van der Waals surface area contributed by atoms with Crippen molar-refractivity contribution in [1.82, 2.24) is 10.2 Å². The lowest BCUT2D eigenvalue weighted by Gasteiger charge is -2.19. The van der Waals surface area contributed by atoms with E-state index in [-0.39, 0.29) is 17.6 Å². The molecule has 1 aromatic carbocycles. The molecule has 0 heterocycles. The van der Waals surface area contributed by atoms with E-state index in [0.29, 0.717) is 5.69 Å². The summed E-state index contributed by atoms with van der Waals surface area (Å²) < 4.78 is 0. The van der Waals surface area contributed by atoms with Crippen molar-refractivity contribution in [2.45, 2.75) is 18.9 Å². The van der Waals surface area contributed by atoms with Crippen LogP contribution < -0.4 is 22.1 Å². The molecule has 9 heteroatoms. The lowest BCUT2D eigenvalue weighted by Crippen LogP contribution is -2.43. The van der Waals surface area contributed by atoms with E-state index in [1.54, 1.807) is 12.1 Å². The van der Waals surface area contributed by atoms with Crippen molar-refractivity contribution in [1.29, 1.82) is 0 Å². The Morgan fingerprint density at radius 2 is 1.54 bits per heavy atom. The number of urea groups is 1. The topological polar surface area (TPSA) is 148 Å². The summed E-state index contributed by atoms with van der Waals surface area (Å²) >= 11 is 0. The van der Waals surface area contributed by atoms with Gasteiger partial charge in [-0.3, -0.25) is 14.4 Å². The number of nitrogens with two attached hydrogens (primary N) is 2. The van der Waals surface area contributed by atoms with E-state index < -0.39 is 30.8 Å². The van der Waals surface area contributed by atoms with Crippen LogP contribution in [0.25, 0.3) is 0 Å². The third kappa shape index (κ3) is 5.27. The van der Waals surface area contributed by atoms with Crippen LogP contribution in [0.15, 0.2) is 24.3 Å². The number of rotatable bonds is 7. The van der Waals surface area contributed by atoms with Crippen LogP contribution in [0.3, 0.4) is 0 Å². The average molecular weight is 333 g/mol. The number of carbonyl (C=O) groups excluding carboxylic acids is 4. The Labute approximate surface area is 138 Å². The zero-order valence-corrected chi connectivity index (χ0v) is 13.0. The molecular formula is C15H19N5O4. The summed E-state index contributed by atoms with van der Waals surface area (Å²) in [7, 11) is 0. The molecule has 9 nitrogen and oxygen atoms in total. The van der Waals surface area contributed by atoms with Crippen LogP contribution in [-0.2, 0) is 9.59 Å².